The number of nitrogens with zero attached hydrogens (tertiary/aromatic N) is 2. The van der Waals surface area contributed by atoms with Crippen molar-refractivity contribution in [3.05, 3.63) is 60.3 Å². The first kappa shape index (κ1) is 15.2. The molecule has 23 heavy (non-hydrogen) atoms. The Hall–Kier alpha value is -2.70. The molecule has 0 fully saturated rings. The van der Waals surface area contributed by atoms with Gasteiger partial charge in [-0.25, -0.2) is 4.39 Å². The zero-order chi connectivity index (χ0) is 16.2. The molecule has 3 rings (SSSR count). The maximum Gasteiger partial charge on any atom is 0.387 e. The molecule has 0 saturated carbocycles. The molecule has 0 atom stereocenters. The number of benzene rings is 1. The van der Waals surface area contributed by atoms with Gasteiger partial charge >= 0.3 is 6.61 Å². The SMILES string of the molecule is Fc1cc(CN2C=CNC2)cnc1-c1cccc(OC(F)F)c1. The number of nitrogens with one attached hydrogen (secondary N) is 1. The van der Waals surface area contributed by atoms with Gasteiger partial charge in [-0.05, 0) is 23.8 Å². The lowest BCUT2D eigenvalue weighted by Gasteiger charge is -2.15. The van der Waals surface area contributed by atoms with E-state index in [1.807, 2.05) is 17.3 Å². The average Bonchev–Trinajstić information content (AvgIpc) is 3.00. The van der Waals surface area contributed by atoms with Gasteiger partial charge in [-0.1, -0.05) is 12.1 Å². The van der Waals surface area contributed by atoms with Gasteiger partial charge < -0.3 is 15.0 Å². The Morgan fingerprint density at radius 3 is 2.87 bits per heavy atom. The van der Waals surface area contributed by atoms with Crippen LogP contribution in [0.25, 0.3) is 11.3 Å². The molecule has 0 saturated heterocycles. The Bertz CT molecular complexity index is 721. The number of alkyl halides is 2. The van der Waals surface area contributed by atoms with Crippen molar-refractivity contribution in [3.63, 3.8) is 0 Å². The molecule has 120 valence electrons. The summed E-state index contributed by atoms with van der Waals surface area (Å²) in [4.78, 5) is 6.09. The monoisotopic (exact) mass is 321 g/mol. The molecule has 0 radical (unpaired) electrons. The van der Waals surface area contributed by atoms with E-state index in [0.717, 1.165) is 5.56 Å². The molecule has 1 aliphatic heterocycles. The van der Waals surface area contributed by atoms with E-state index in [0.29, 0.717) is 18.8 Å². The second-order valence-corrected chi connectivity index (χ2v) is 5.01. The van der Waals surface area contributed by atoms with Crippen molar-refractivity contribution < 1.29 is 17.9 Å². The van der Waals surface area contributed by atoms with Crippen molar-refractivity contribution in [2.24, 2.45) is 0 Å². The standard InChI is InChI=1S/C16H14F3N3O/c17-14-6-11(9-22-5-4-20-10-22)8-21-15(14)12-2-1-3-13(7-12)23-16(18)19/h1-8,16,20H,9-10H2. The third-order valence-corrected chi connectivity index (χ3v) is 3.31. The molecule has 7 heteroatoms. The highest BCUT2D eigenvalue weighted by molar-refractivity contribution is 5.61. The topological polar surface area (TPSA) is 37.4 Å². The number of pyridine rings is 1. The summed E-state index contributed by atoms with van der Waals surface area (Å²) in [5, 5.41) is 3.02. The van der Waals surface area contributed by atoms with E-state index in [1.54, 1.807) is 12.3 Å². The second-order valence-electron chi connectivity index (χ2n) is 5.01. The molecule has 1 aliphatic rings. The van der Waals surface area contributed by atoms with Gasteiger partial charge in [0.25, 0.3) is 0 Å². The van der Waals surface area contributed by atoms with Crippen molar-refractivity contribution in [1.29, 1.82) is 0 Å². The third kappa shape index (κ3) is 3.74. The molecule has 0 aliphatic carbocycles. The first-order valence-corrected chi connectivity index (χ1v) is 6.95. The zero-order valence-corrected chi connectivity index (χ0v) is 12.0. The summed E-state index contributed by atoms with van der Waals surface area (Å²) in [5.41, 5.74) is 1.21. The van der Waals surface area contributed by atoms with Gasteiger partial charge in [-0.15, -0.1) is 0 Å². The van der Waals surface area contributed by atoms with Crippen molar-refractivity contribution in [2.45, 2.75) is 13.2 Å². The third-order valence-electron chi connectivity index (χ3n) is 3.31. The van der Waals surface area contributed by atoms with E-state index >= 15 is 0 Å². The number of rotatable bonds is 5. The molecule has 0 spiro atoms. The van der Waals surface area contributed by atoms with Crippen LogP contribution in [0.15, 0.2) is 48.9 Å². The van der Waals surface area contributed by atoms with Gasteiger partial charge in [0, 0.05) is 30.7 Å². The first-order chi connectivity index (χ1) is 11.1. The van der Waals surface area contributed by atoms with Crippen LogP contribution in [0, 0.1) is 5.82 Å². The van der Waals surface area contributed by atoms with Crippen LogP contribution in [0.4, 0.5) is 13.2 Å². The molecule has 0 bridgehead atoms. The molecular weight excluding hydrogens is 307 g/mol. The van der Waals surface area contributed by atoms with Crippen LogP contribution in [0.2, 0.25) is 0 Å². The average molecular weight is 321 g/mol. The van der Waals surface area contributed by atoms with E-state index in [1.165, 1.54) is 24.3 Å². The van der Waals surface area contributed by atoms with Gasteiger partial charge in [-0.3, -0.25) is 4.98 Å². The lowest BCUT2D eigenvalue weighted by Crippen LogP contribution is -2.20. The van der Waals surface area contributed by atoms with Crippen molar-refractivity contribution >= 4 is 0 Å². The summed E-state index contributed by atoms with van der Waals surface area (Å²) in [6.07, 6.45) is 5.26. The normalized spacial score (nSPS) is 13.5. The van der Waals surface area contributed by atoms with E-state index < -0.39 is 12.4 Å². The Morgan fingerprint density at radius 2 is 2.17 bits per heavy atom. The van der Waals surface area contributed by atoms with Gasteiger partial charge in [0.2, 0.25) is 0 Å². The fraction of sp³-hybridized carbons (Fsp3) is 0.188. The quantitative estimate of drug-likeness (QED) is 0.917. The maximum atomic E-state index is 14.3. The van der Waals surface area contributed by atoms with Crippen LogP contribution in [-0.2, 0) is 6.54 Å². The van der Waals surface area contributed by atoms with E-state index in [2.05, 4.69) is 15.0 Å². The van der Waals surface area contributed by atoms with E-state index in [9.17, 15) is 13.2 Å². The minimum atomic E-state index is -2.92. The molecule has 0 amide bonds. The lowest BCUT2D eigenvalue weighted by atomic mass is 10.1. The van der Waals surface area contributed by atoms with Crippen LogP contribution in [-0.4, -0.2) is 23.2 Å². The van der Waals surface area contributed by atoms with Crippen molar-refractivity contribution in [1.82, 2.24) is 15.2 Å². The van der Waals surface area contributed by atoms with E-state index in [-0.39, 0.29) is 11.4 Å². The van der Waals surface area contributed by atoms with Gasteiger partial charge in [0.15, 0.2) is 0 Å². The Balaban J connectivity index is 1.81. The van der Waals surface area contributed by atoms with Crippen LogP contribution in [0.1, 0.15) is 5.56 Å². The fourth-order valence-electron chi connectivity index (χ4n) is 2.32. The molecule has 1 N–H and O–H groups in total. The largest absolute Gasteiger partial charge is 0.435 e. The van der Waals surface area contributed by atoms with Gasteiger partial charge in [0.05, 0.1) is 6.67 Å². The van der Waals surface area contributed by atoms with Crippen molar-refractivity contribution in [3.8, 4) is 17.0 Å². The van der Waals surface area contributed by atoms with Crippen molar-refractivity contribution in [2.75, 3.05) is 6.67 Å². The molecular formula is C16H14F3N3O. The highest BCUT2D eigenvalue weighted by Crippen LogP contribution is 2.26. The molecule has 4 nitrogen and oxygen atoms in total. The Labute approximate surface area is 131 Å². The zero-order valence-electron chi connectivity index (χ0n) is 12.0. The predicted molar refractivity (Wildman–Crippen MR) is 78.9 cm³/mol. The lowest BCUT2D eigenvalue weighted by molar-refractivity contribution is -0.0498. The molecule has 2 aromatic rings. The number of hydrogen-bond donors (Lipinski definition) is 1. The molecule has 1 aromatic heterocycles. The second kappa shape index (κ2) is 6.60. The van der Waals surface area contributed by atoms with Crippen LogP contribution in [0.3, 0.4) is 0 Å². The first-order valence-electron chi connectivity index (χ1n) is 6.95. The van der Waals surface area contributed by atoms with Gasteiger partial charge in [0.1, 0.15) is 17.3 Å². The number of halogens is 3. The summed E-state index contributed by atoms with van der Waals surface area (Å²) in [6, 6.07) is 7.23. The number of aromatic nitrogens is 1. The fourth-order valence-corrected chi connectivity index (χ4v) is 2.32. The summed E-state index contributed by atoms with van der Waals surface area (Å²) in [5.74, 6) is -0.538. The predicted octanol–water partition coefficient (Wildman–Crippen LogP) is 3.32. The summed E-state index contributed by atoms with van der Waals surface area (Å²) in [6.45, 7) is -1.73. The minimum absolute atomic E-state index is 0.0314. The highest BCUT2D eigenvalue weighted by Gasteiger charge is 2.12. The smallest absolute Gasteiger partial charge is 0.387 e. The summed E-state index contributed by atoms with van der Waals surface area (Å²) >= 11 is 0. The summed E-state index contributed by atoms with van der Waals surface area (Å²) in [7, 11) is 0. The summed E-state index contributed by atoms with van der Waals surface area (Å²) < 4.78 is 43.1. The Kier molecular flexibility index (Phi) is 4.36. The van der Waals surface area contributed by atoms with Crippen LogP contribution < -0.4 is 10.1 Å². The highest BCUT2D eigenvalue weighted by atomic mass is 19.3. The van der Waals surface area contributed by atoms with Gasteiger partial charge in [-0.2, -0.15) is 8.78 Å². The minimum Gasteiger partial charge on any atom is -0.435 e. The van der Waals surface area contributed by atoms with Crippen LogP contribution >= 0.6 is 0 Å². The number of ether oxygens (including phenoxy) is 1. The molecule has 0 unspecified atom stereocenters. The van der Waals surface area contributed by atoms with E-state index in [4.69, 9.17) is 0 Å². The Morgan fingerprint density at radius 1 is 1.30 bits per heavy atom. The number of hydrogen-bond acceptors (Lipinski definition) is 4. The molecule has 2 heterocycles. The van der Waals surface area contributed by atoms with Crippen LogP contribution in [0.5, 0.6) is 5.75 Å². The molecule has 1 aromatic carbocycles. The maximum absolute atomic E-state index is 14.3.